The minimum Gasteiger partial charge on any atom is -0.494 e. The largest absolute Gasteiger partial charge is 0.494 e. The van der Waals surface area contributed by atoms with Gasteiger partial charge in [-0.15, -0.1) is 0 Å². The maximum atomic E-state index is 13.2. The predicted octanol–water partition coefficient (Wildman–Crippen LogP) is 4.17. The number of hydrogen-bond acceptors (Lipinski definition) is 5. The number of para-hydroxylation sites is 1. The van der Waals surface area contributed by atoms with E-state index < -0.39 is 0 Å². The molecule has 0 aliphatic heterocycles. The zero-order valence-corrected chi connectivity index (χ0v) is 17.0. The molecular formula is C22H22N4O2S. The normalized spacial score (nSPS) is 10.9. The summed E-state index contributed by atoms with van der Waals surface area (Å²) in [6.45, 7) is 3.69. The Bertz CT molecular complexity index is 1040. The minimum atomic E-state index is 0.0142. The molecule has 7 heteroatoms. The molecule has 1 amide bonds. The van der Waals surface area contributed by atoms with E-state index in [0.29, 0.717) is 31.2 Å². The number of amides is 1. The standard InChI is InChI=1S/C22H22N4O2S/c1-2-28-18-10-8-17(9-11-18)16-21(27)26(15-14-25-13-5-12-23-25)22-24-19-6-3-4-7-20(19)29-22/h3-13H,2,14-16H2,1H3. The smallest absolute Gasteiger partial charge is 0.233 e. The summed E-state index contributed by atoms with van der Waals surface area (Å²) < 4.78 is 8.38. The molecule has 0 saturated heterocycles. The molecule has 29 heavy (non-hydrogen) atoms. The van der Waals surface area contributed by atoms with Gasteiger partial charge in [-0.2, -0.15) is 5.10 Å². The molecule has 0 unspecified atom stereocenters. The Labute approximate surface area is 173 Å². The fourth-order valence-corrected chi connectivity index (χ4v) is 4.09. The van der Waals surface area contributed by atoms with Gasteiger partial charge in [-0.3, -0.25) is 14.4 Å². The molecule has 6 nitrogen and oxygen atoms in total. The molecule has 4 aromatic rings. The van der Waals surface area contributed by atoms with E-state index in [1.54, 1.807) is 11.1 Å². The fraction of sp³-hybridized carbons (Fsp3) is 0.227. The summed E-state index contributed by atoms with van der Waals surface area (Å²) in [5.41, 5.74) is 1.86. The average Bonchev–Trinajstić information content (AvgIpc) is 3.39. The molecule has 2 aromatic heterocycles. The highest BCUT2D eigenvalue weighted by Crippen LogP contribution is 2.29. The van der Waals surface area contributed by atoms with Crippen molar-refractivity contribution in [3.8, 4) is 5.75 Å². The molecule has 4 rings (SSSR count). The summed E-state index contributed by atoms with van der Waals surface area (Å²) in [5.74, 6) is 0.825. The van der Waals surface area contributed by atoms with Gasteiger partial charge in [-0.25, -0.2) is 4.98 Å². The van der Waals surface area contributed by atoms with Crippen molar-refractivity contribution in [3.63, 3.8) is 0 Å². The number of anilines is 1. The van der Waals surface area contributed by atoms with E-state index in [1.807, 2.05) is 72.4 Å². The number of nitrogens with zero attached hydrogens (tertiary/aromatic N) is 4. The van der Waals surface area contributed by atoms with E-state index in [4.69, 9.17) is 4.74 Å². The Morgan fingerprint density at radius 3 is 2.69 bits per heavy atom. The Hall–Kier alpha value is -3.19. The lowest BCUT2D eigenvalue weighted by Crippen LogP contribution is -2.35. The maximum Gasteiger partial charge on any atom is 0.233 e. The number of ether oxygens (including phenoxy) is 1. The number of fused-ring (bicyclic) bond motifs is 1. The van der Waals surface area contributed by atoms with Gasteiger partial charge in [0.05, 0.1) is 29.8 Å². The van der Waals surface area contributed by atoms with Gasteiger partial charge in [0.1, 0.15) is 5.75 Å². The van der Waals surface area contributed by atoms with Crippen molar-refractivity contribution in [2.24, 2.45) is 0 Å². The van der Waals surface area contributed by atoms with Crippen LogP contribution >= 0.6 is 11.3 Å². The van der Waals surface area contributed by atoms with Crippen LogP contribution in [0.4, 0.5) is 5.13 Å². The third-order valence-corrected chi connectivity index (χ3v) is 5.58. The predicted molar refractivity (Wildman–Crippen MR) is 116 cm³/mol. The summed E-state index contributed by atoms with van der Waals surface area (Å²) >= 11 is 1.53. The van der Waals surface area contributed by atoms with Crippen molar-refractivity contribution < 1.29 is 9.53 Å². The molecule has 2 heterocycles. The summed E-state index contributed by atoms with van der Waals surface area (Å²) in [4.78, 5) is 19.6. The average molecular weight is 407 g/mol. The Morgan fingerprint density at radius 1 is 1.14 bits per heavy atom. The van der Waals surface area contributed by atoms with E-state index in [9.17, 15) is 4.79 Å². The number of aromatic nitrogens is 3. The molecule has 0 atom stereocenters. The summed E-state index contributed by atoms with van der Waals surface area (Å²) in [6.07, 6.45) is 3.94. The van der Waals surface area contributed by atoms with Crippen molar-refractivity contribution in [2.75, 3.05) is 18.1 Å². The van der Waals surface area contributed by atoms with Crippen LogP contribution in [-0.4, -0.2) is 33.8 Å². The molecule has 0 aliphatic carbocycles. The van der Waals surface area contributed by atoms with Gasteiger partial charge in [-0.05, 0) is 42.8 Å². The van der Waals surface area contributed by atoms with Gasteiger partial charge >= 0.3 is 0 Å². The summed E-state index contributed by atoms with van der Waals surface area (Å²) in [6, 6.07) is 17.5. The number of rotatable bonds is 8. The molecular weight excluding hydrogens is 384 g/mol. The lowest BCUT2D eigenvalue weighted by Gasteiger charge is -2.20. The number of hydrogen-bond donors (Lipinski definition) is 0. The van der Waals surface area contributed by atoms with Crippen LogP contribution in [-0.2, 0) is 17.8 Å². The van der Waals surface area contributed by atoms with E-state index in [0.717, 1.165) is 21.5 Å². The molecule has 0 aliphatic rings. The van der Waals surface area contributed by atoms with Gasteiger partial charge in [0.15, 0.2) is 5.13 Å². The first-order valence-corrected chi connectivity index (χ1v) is 10.4. The lowest BCUT2D eigenvalue weighted by atomic mass is 10.1. The molecule has 0 fully saturated rings. The molecule has 0 saturated carbocycles. The highest BCUT2D eigenvalue weighted by molar-refractivity contribution is 7.22. The zero-order valence-electron chi connectivity index (χ0n) is 16.2. The van der Waals surface area contributed by atoms with Gasteiger partial charge in [0.25, 0.3) is 0 Å². The van der Waals surface area contributed by atoms with Crippen LogP contribution in [0.5, 0.6) is 5.75 Å². The van der Waals surface area contributed by atoms with Crippen LogP contribution in [0.3, 0.4) is 0 Å². The third-order valence-electron chi connectivity index (χ3n) is 4.52. The number of carbonyl (C=O) groups excluding carboxylic acids is 1. The Morgan fingerprint density at radius 2 is 1.97 bits per heavy atom. The first-order valence-electron chi connectivity index (χ1n) is 9.58. The van der Waals surface area contributed by atoms with Crippen LogP contribution in [0, 0.1) is 0 Å². The van der Waals surface area contributed by atoms with Crippen molar-refractivity contribution >= 4 is 32.6 Å². The highest BCUT2D eigenvalue weighted by Gasteiger charge is 2.20. The first-order chi connectivity index (χ1) is 14.2. The van der Waals surface area contributed by atoms with Crippen molar-refractivity contribution in [1.29, 1.82) is 0 Å². The van der Waals surface area contributed by atoms with Crippen molar-refractivity contribution in [2.45, 2.75) is 19.9 Å². The molecule has 0 spiro atoms. The van der Waals surface area contributed by atoms with Gasteiger partial charge in [-0.1, -0.05) is 35.6 Å². The van der Waals surface area contributed by atoms with Crippen molar-refractivity contribution in [3.05, 3.63) is 72.6 Å². The second kappa shape index (κ2) is 8.87. The number of carbonyl (C=O) groups is 1. The molecule has 0 radical (unpaired) electrons. The third kappa shape index (κ3) is 4.63. The number of benzene rings is 2. The van der Waals surface area contributed by atoms with Crippen LogP contribution in [0.25, 0.3) is 10.2 Å². The maximum absolute atomic E-state index is 13.2. The monoisotopic (exact) mass is 406 g/mol. The molecule has 0 N–H and O–H groups in total. The summed E-state index contributed by atoms with van der Waals surface area (Å²) in [7, 11) is 0. The zero-order chi connectivity index (χ0) is 20.1. The van der Waals surface area contributed by atoms with Crippen LogP contribution in [0.1, 0.15) is 12.5 Å². The SMILES string of the molecule is CCOc1ccc(CC(=O)N(CCn2cccn2)c2nc3ccccc3s2)cc1. The first kappa shape index (κ1) is 19.1. The van der Waals surface area contributed by atoms with Crippen molar-refractivity contribution in [1.82, 2.24) is 14.8 Å². The van der Waals surface area contributed by atoms with Crippen LogP contribution < -0.4 is 9.64 Å². The Balaban J connectivity index is 1.55. The van der Waals surface area contributed by atoms with Crippen LogP contribution in [0.2, 0.25) is 0 Å². The minimum absolute atomic E-state index is 0.0142. The summed E-state index contributed by atoms with van der Waals surface area (Å²) in [5, 5.41) is 4.96. The number of thiazole rings is 1. The molecule has 148 valence electrons. The molecule has 2 aromatic carbocycles. The van der Waals surface area contributed by atoms with E-state index in [-0.39, 0.29) is 5.91 Å². The van der Waals surface area contributed by atoms with E-state index in [1.165, 1.54) is 11.3 Å². The Kier molecular flexibility index (Phi) is 5.86. The second-order valence-corrected chi connectivity index (χ2v) is 7.54. The molecule has 0 bridgehead atoms. The lowest BCUT2D eigenvalue weighted by molar-refractivity contribution is -0.118. The quantitative estimate of drug-likeness (QED) is 0.441. The van der Waals surface area contributed by atoms with Gasteiger partial charge in [0.2, 0.25) is 5.91 Å². The van der Waals surface area contributed by atoms with Crippen LogP contribution in [0.15, 0.2) is 67.0 Å². The van der Waals surface area contributed by atoms with Gasteiger partial charge in [0, 0.05) is 18.9 Å². The topological polar surface area (TPSA) is 60.2 Å². The van der Waals surface area contributed by atoms with E-state index in [2.05, 4.69) is 10.1 Å². The van der Waals surface area contributed by atoms with Gasteiger partial charge < -0.3 is 4.74 Å². The fourth-order valence-electron chi connectivity index (χ4n) is 3.08. The van der Waals surface area contributed by atoms with E-state index >= 15 is 0 Å². The second-order valence-electron chi connectivity index (χ2n) is 6.53. The highest BCUT2D eigenvalue weighted by atomic mass is 32.1.